The highest BCUT2D eigenvalue weighted by molar-refractivity contribution is 5.76. The lowest BCUT2D eigenvalue weighted by molar-refractivity contribution is -0.121. The SMILES string of the molecule is N#Cc1ccc(CCC(=O)NCCCOCC2CC2)cc1. The van der Waals surface area contributed by atoms with Crippen molar-refractivity contribution in [1.29, 1.82) is 5.26 Å². The number of benzene rings is 1. The summed E-state index contributed by atoms with van der Waals surface area (Å²) in [6.45, 7) is 2.29. The highest BCUT2D eigenvalue weighted by Gasteiger charge is 2.20. The van der Waals surface area contributed by atoms with Gasteiger partial charge in [-0.05, 0) is 49.3 Å². The molecular formula is C17H22N2O2. The van der Waals surface area contributed by atoms with Crippen molar-refractivity contribution in [2.24, 2.45) is 5.92 Å². The van der Waals surface area contributed by atoms with Gasteiger partial charge in [-0.2, -0.15) is 5.26 Å². The number of ether oxygens (including phenoxy) is 1. The van der Waals surface area contributed by atoms with Gasteiger partial charge in [0.1, 0.15) is 0 Å². The van der Waals surface area contributed by atoms with Gasteiger partial charge < -0.3 is 10.1 Å². The highest BCUT2D eigenvalue weighted by Crippen LogP contribution is 2.28. The number of hydrogen-bond donors (Lipinski definition) is 1. The minimum Gasteiger partial charge on any atom is -0.381 e. The molecule has 0 aromatic heterocycles. The van der Waals surface area contributed by atoms with Crippen LogP contribution in [0.15, 0.2) is 24.3 Å². The van der Waals surface area contributed by atoms with Gasteiger partial charge in [0.2, 0.25) is 5.91 Å². The van der Waals surface area contributed by atoms with Crippen molar-refractivity contribution in [3.8, 4) is 6.07 Å². The van der Waals surface area contributed by atoms with Crippen LogP contribution in [0.2, 0.25) is 0 Å². The van der Waals surface area contributed by atoms with Crippen molar-refractivity contribution in [3.63, 3.8) is 0 Å². The summed E-state index contributed by atoms with van der Waals surface area (Å²) < 4.78 is 5.51. The number of nitriles is 1. The molecule has 21 heavy (non-hydrogen) atoms. The van der Waals surface area contributed by atoms with E-state index in [2.05, 4.69) is 11.4 Å². The number of hydrogen-bond acceptors (Lipinski definition) is 3. The second-order valence-corrected chi connectivity index (χ2v) is 5.53. The van der Waals surface area contributed by atoms with E-state index in [1.54, 1.807) is 12.1 Å². The fourth-order valence-electron chi connectivity index (χ4n) is 2.03. The van der Waals surface area contributed by atoms with Gasteiger partial charge in [-0.25, -0.2) is 0 Å². The topological polar surface area (TPSA) is 62.1 Å². The van der Waals surface area contributed by atoms with Crippen molar-refractivity contribution < 1.29 is 9.53 Å². The van der Waals surface area contributed by atoms with Crippen LogP contribution in [0.5, 0.6) is 0 Å². The molecule has 1 saturated carbocycles. The molecule has 1 fully saturated rings. The van der Waals surface area contributed by atoms with Crippen molar-refractivity contribution >= 4 is 5.91 Å². The summed E-state index contributed by atoms with van der Waals surface area (Å²) in [5, 5.41) is 11.6. The van der Waals surface area contributed by atoms with Gasteiger partial charge in [0.15, 0.2) is 0 Å². The van der Waals surface area contributed by atoms with Gasteiger partial charge >= 0.3 is 0 Å². The van der Waals surface area contributed by atoms with E-state index in [0.717, 1.165) is 31.1 Å². The van der Waals surface area contributed by atoms with Crippen molar-refractivity contribution in [3.05, 3.63) is 35.4 Å². The molecule has 0 saturated heterocycles. The van der Waals surface area contributed by atoms with E-state index in [9.17, 15) is 4.79 Å². The average molecular weight is 286 g/mol. The number of nitrogens with zero attached hydrogens (tertiary/aromatic N) is 1. The summed E-state index contributed by atoms with van der Waals surface area (Å²) in [5.74, 6) is 0.869. The molecule has 1 aromatic rings. The normalized spacial score (nSPS) is 13.7. The summed E-state index contributed by atoms with van der Waals surface area (Å²) in [6, 6.07) is 9.45. The molecule has 112 valence electrons. The van der Waals surface area contributed by atoms with Gasteiger partial charge in [0, 0.05) is 26.2 Å². The maximum Gasteiger partial charge on any atom is 0.220 e. The Balaban J connectivity index is 1.51. The lowest BCUT2D eigenvalue weighted by Crippen LogP contribution is -2.25. The molecule has 1 amide bonds. The molecule has 1 aliphatic carbocycles. The van der Waals surface area contributed by atoms with Crippen molar-refractivity contribution in [1.82, 2.24) is 5.32 Å². The van der Waals surface area contributed by atoms with Crippen LogP contribution in [0.4, 0.5) is 0 Å². The van der Waals surface area contributed by atoms with E-state index in [0.29, 0.717) is 24.9 Å². The van der Waals surface area contributed by atoms with E-state index in [1.165, 1.54) is 12.8 Å². The summed E-state index contributed by atoms with van der Waals surface area (Å²) in [4.78, 5) is 11.7. The first kappa shape index (κ1) is 15.5. The van der Waals surface area contributed by atoms with E-state index in [4.69, 9.17) is 10.00 Å². The van der Waals surface area contributed by atoms with Gasteiger partial charge in [-0.3, -0.25) is 4.79 Å². The third kappa shape index (κ3) is 6.42. The number of aryl methyl sites for hydroxylation is 1. The van der Waals surface area contributed by atoms with Crippen LogP contribution < -0.4 is 5.32 Å². The first-order valence-corrected chi connectivity index (χ1v) is 7.61. The Hall–Kier alpha value is -1.86. The first-order chi connectivity index (χ1) is 10.3. The Kier molecular flexibility index (Phi) is 6.23. The molecule has 1 N–H and O–H groups in total. The maximum atomic E-state index is 11.7. The van der Waals surface area contributed by atoms with E-state index in [-0.39, 0.29) is 5.91 Å². The quantitative estimate of drug-likeness (QED) is 0.709. The van der Waals surface area contributed by atoms with Crippen LogP contribution in [0.3, 0.4) is 0 Å². The molecule has 0 spiro atoms. The number of nitrogens with one attached hydrogen (secondary N) is 1. The molecule has 0 radical (unpaired) electrons. The molecule has 1 aromatic carbocycles. The van der Waals surface area contributed by atoms with Crippen molar-refractivity contribution in [2.75, 3.05) is 19.8 Å². The molecule has 1 aliphatic rings. The molecule has 0 heterocycles. The van der Waals surface area contributed by atoms with Gasteiger partial charge in [-0.15, -0.1) is 0 Å². The van der Waals surface area contributed by atoms with Gasteiger partial charge in [0.05, 0.1) is 11.6 Å². The lowest BCUT2D eigenvalue weighted by Gasteiger charge is -2.06. The van der Waals surface area contributed by atoms with Gasteiger partial charge in [0.25, 0.3) is 0 Å². The molecule has 4 heteroatoms. The Morgan fingerprint density at radius 1 is 1.33 bits per heavy atom. The van der Waals surface area contributed by atoms with Crippen LogP contribution in [0.25, 0.3) is 0 Å². The van der Waals surface area contributed by atoms with E-state index in [1.807, 2.05) is 12.1 Å². The fraction of sp³-hybridized carbons (Fsp3) is 0.529. The summed E-state index contributed by atoms with van der Waals surface area (Å²) in [7, 11) is 0. The number of carbonyl (C=O) groups is 1. The van der Waals surface area contributed by atoms with Crippen LogP contribution in [0.1, 0.15) is 36.8 Å². The molecule has 4 nitrogen and oxygen atoms in total. The molecule has 0 atom stereocenters. The van der Waals surface area contributed by atoms with Crippen LogP contribution in [-0.4, -0.2) is 25.7 Å². The monoisotopic (exact) mass is 286 g/mol. The van der Waals surface area contributed by atoms with Crippen LogP contribution in [0, 0.1) is 17.2 Å². The summed E-state index contributed by atoms with van der Waals surface area (Å²) in [5.41, 5.74) is 1.73. The van der Waals surface area contributed by atoms with Crippen LogP contribution >= 0.6 is 0 Å². The van der Waals surface area contributed by atoms with Crippen molar-refractivity contribution in [2.45, 2.75) is 32.1 Å². The second kappa shape index (κ2) is 8.43. The van der Waals surface area contributed by atoms with E-state index >= 15 is 0 Å². The second-order valence-electron chi connectivity index (χ2n) is 5.53. The van der Waals surface area contributed by atoms with Crippen LogP contribution in [-0.2, 0) is 16.0 Å². The standard InChI is InChI=1S/C17H22N2O2/c18-12-15-4-2-14(3-5-15)8-9-17(20)19-10-1-11-21-13-16-6-7-16/h2-5,16H,1,6-11,13H2,(H,19,20). The number of carbonyl (C=O) groups excluding carboxylic acids is 1. The van der Waals surface area contributed by atoms with E-state index < -0.39 is 0 Å². The molecular weight excluding hydrogens is 264 g/mol. The molecule has 0 aliphatic heterocycles. The molecule has 0 bridgehead atoms. The minimum atomic E-state index is 0.0709. The largest absolute Gasteiger partial charge is 0.381 e. The Bertz CT molecular complexity index is 487. The Morgan fingerprint density at radius 2 is 2.10 bits per heavy atom. The maximum absolute atomic E-state index is 11.7. The Labute approximate surface area is 126 Å². The number of amides is 1. The molecule has 0 unspecified atom stereocenters. The zero-order chi connectivity index (χ0) is 14.9. The lowest BCUT2D eigenvalue weighted by atomic mass is 10.1. The third-order valence-corrected chi connectivity index (χ3v) is 3.56. The summed E-state index contributed by atoms with van der Waals surface area (Å²) in [6.07, 6.45) is 4.68. The Morgan fingerprint density at radius 3 is 2.76 bits per heavy atom. The third-order valence-electron chi connectivity index (χ3n) is 3.56. The highest BCUT2D eigenvalue weighted by atomic mass is 16.5. The smallest absolute Gasteiger partial charge is 0.220 e. The predicted octanol–water partition coefficient (Wildman–Crippen LogP) is 2.42. The zero-order valence-electron chi connectivity index (χ0n) is 12.3. The first-order valence-electron chi connectivity index (χ1n) is 7.61. The van der Waals surface area contributed by atoms with Gasteiger partial charge in [-0.1, -0.05) is 12.1 Å². The predicted molar refractivity (Wildman–Crippen MR) is 80.6 cm³/mol. The molecule has 2 rings (SSSR count). The summed E-state index contributed by atoms with van der Waals surface area (Å²) >= 11 is 0. The fourth-order valence-corrected chi connectivity index (χ4v) is 2.03. The number of rotatable bonds is 9. The minimum absolute atomic E-state index is 0.0709. The zero-order valence-corrected chi connectivity index (χ0v) is 12.3. The average Bonchev–Trinajstić information content (AvgIpc) is 3.33.